The standard InChI is InChI=1S/C14H14Cl2N2O2S/c1-2-18(12-5-3-4-11(17)9-12)21(19,20)14-8-10(15)6-7-13(14)16/h3-9H,2,17H2,1H3. The Balaban J connectivity index is 2.57. The Hall–Kier alpha value is -1.43. The summed E-state index contributed by atoms with van der Waals surface area (Å²) in [7, 11) is -3.81. The average Bonchev–Trinajstić information content (AvgIpc) is 2.42. The molecule has 0 spiro atoms. The van der Waals surface area contributed by atoms with Gasteiger partial charge in [-0.05, 0) is 43.3 Å². The average molecular weight is 345 g/mol. The first kappa shape index (κ1) is 15.9. The molecular weight excluding hydrogens is 331 g/mol. The van der Waals surface area contributed by atoms with Gasteiger partial charge in [-0.3, -0.25) is 4.31 Å². The Morgan fingerprint density at radius 1 is 1.14 bits per heavy atom. The zero-order valence-corrected chi connectivity index (χ0v) is 13.6. The molecule has 0 aromatic heterocycles. The van der Waals surface area contributed by atoms with E-state index in [-0.39, 0.29) is 16.5 Å². The van der Waals surface area contributed by atoms with Crippen molar-refractivity contribution in [2.45, 2.75) is 11.8 Å². The topological polar surface area (TPSA) is 63.4 Å². The third kappa shape index (κ3) is 3.26. The first-order valence-electron chi connectivity index (χ1n) is 6.19. The van der Waals surface area contributed by atoms with E-state index in [1.54, 1.807) is 37.3 Å². The summed E-state index contributed by atoms with van der Waals surface area (Å²) < 4.78 is 26.8. The van der Waals surface area contributed by atoms with Gasteiger partial charge in [-0.15, -0.1) is 0 Å². The van der Waals surface area contributed by atoms with Gasteiger partial charge in [0.1, 0.15) is 4.90 Å². The Morgan fingerprint density at radius 3 is 2.48 bits per heavy atom. The highest BCUT2D eigenvalue weighted by atomic mass is 35.5. The zero-order valence-electron chi connectivity index (χ0n) is 11.3. The minimum absolute atomic E-state index is 0.0269. The van der Waals surface area contributed by atoms with Gasteiger partial charge in [-0.25, -0.2) is 8.42 Å². The lowest BCUT2D eigenvalue weighted by molar-refractivity contribution is 0.592. The van der Waals surface area contributed by atoms with E-state index in [0.29, 0.717) is 16.4 Å². The number of anilines is 2. The molecule has 21 heavy (non-hydrogen) atoms. The monoisotopic (exact) mass is 344 g/mol. The molecule has 0 aliphatic carbocycles. The first-order valence-corrected chi connectivity index (χ1v) is 8.39. The summed E-state index contributed by atoms with van der Waals surface area (Å²) in [6, 6.07) is 11.0. The molecule has 7 heteroatoms. The van der Waals surface area contributed by atoms with Crippen molar-refractivity contribution in [3.05, 3.63) is 52.5 Å². The maximum absolute atomic E-state index is 12.8. The van der Waals surface area contributed by atoms with Crippen molar-refractivity contribution in [1.82, 2.24) is 0 Å². The quantitative estimate of drug-likeness (QED) is 0.858. The number of hydrogen-bond acceptors (Lipinski definition) is 3. The third-order valence-corrected chi connectivity index (χ3v) is 5.53. The number of benzene rings is 2. The molecule has 0 fully saturated rings. The molecule has 2 aromatic carbocycles. The maximum atomic E-state index is 12.8. The second kappa shape index (κ2) is 6.13. The van der Waals surface area contributed by atoms with E-state index in [1.165, 1.54) is 16.4 Å². The lowest BCUT2D eigenvalue weighted by Crippen LogP contribution is -2.31. The summed E-state index contributed by atoms with van der Waals surface area (Å²) in [5.41, 5.74) is 6.68. The lowest BCUT2D eigenvalue weighted by atomic mass is 10.3. The van der Waals surface area contributed by atoms with E-state index in [4.69, 9.17) is 28.9 Å². The van der Waals surface area contributed by atoms with Crippen LogP contribution in [0.15, 0.2) is 47.4 Å². The minimum Gasteiger partial charge on any atom is -0.399 e. The predicted octanol–water partition coefficient (Wildman–Crippen LogP) is 3.79. The molecule has 0 aliphatic rings. The summed E-state index contributed by atoms with van der Waals surface area (Å²) in [5, 5.41) is 0.434. The molecule has 0 saturated heterocycles. The predicted molar refractivity (Wildman–Crippen MR) is 87.5 cm³/mol. The van der Waals surface area contributed by atoms with Gasteiger partial charge < -0.3 is 5.73 Å². The van der Waals surface area contributed by atoms with Gasteiger partial charge in [-0.2, -0.15) is 0 Å². The first-order chi connectivity index (χ1) is 9.86. The van der Waals surface area contributed by atoms with Crippen molar-refractivity contribution in [2.24, 2.45) is 0 Å². The summed E-state index contributed by atoms with van der Waals surface area (Å²) in [6.45, 7) is 1.98. The van der Waals surface area contributed by atoms with Crippen LogP contribution in [-0.4, -0.2) is 15.0 Å². The summed E-state index contributed by atoms with van der Waals surface area (Å²) in [5.74, 6) is 0. The lowest BCUT2D eigenvalue weighted by Gasteiger charge is -2.23. The largest absolute Gasteiger partial charge is 0.399 e. The van der Waals surface area contributed by atoms with Crippen LogP contribution in [0, 0.1) is 0 Å². The minimum atomic E-state index is -3.81. The second-order valence-electron chi connectivity index (χ2n) is 4.34. The van der Waals surface area contributed by atoms with E-state index < -0.39 is 10.0 Å². The van der Waals surface area contributed by atoms with E-state index in [9.17, 15) is 8.42 Å². The molecular formula is C14H14Cl2N2O2S. The molecule has 0 radical (unpaired) electrons. The number of rotatable bonds is 4. The molecule has 0 saturated carbocycles. The van der Waals surface area contributed by atoms with Gasteiger partial charge in [-0.1, -0.05) is 29.3 Å². The van der Waals surface area contributed by atoms with Crippen molar-refractivity contribution < 1.29 is 8.42 Å². The summed E-state index contributed by atoms with van der Waals surface area (Å²) in [4.78, 5) is -0.0269. The Morgan fingerprint density at radius 2 is 1.86 bits per heavy atom. The highest BCUT2D eigenvalue weighted by Crippen LogP contribution is 2.31. The molecule has 2 aromatic rings. The van der Waals surface area contributed by atoms with Gasteiger partial charge in [0.15, 0.2) is 0 Å². The normalized spacial score (nSPS) is 11.4. The van der Waals surface area contributed by atoms with Crippen molar-refractivity contribution in [3.63, 3.8) is 0 Å². The van der Waals surface area contributed by atoms with Crippen molar-refractivity contribution in [1.29, 1.82) is 0 Å². The van der Waals surface area contributed by atoms with Gasteiger partial charge in [0.05, 0.1) is 10.7 Å². The fraction of sp³-hybridized carbons (Fsp3) is 0.143. The zero-order chi connectivity index (χ0) is 15.6. The van der Waals surface area contributed by atoms with Gasteiger partial charge in [0, 0.05) is 17.3 Å². The van der Waals surface area contributed by atoms with Crippen LogP contribution >= 0.6 is 23.2 Å². The third-order valence-electron chi connectivity index (χ3n) is 2.91. The molecule has 2 N–H and O–H groups in total. The summed E-state index contributed by atoms with van der Waals surface area (Å²) >= 11 is 11.9. The van der Waals surface area contributed by atoms with Crippen molar-refractivity contribution in [3.8, 4) is 0 Å². The van der Waals surface area contributed by atoms with E-state index in [2.05, 4.69) is 0 Å². The van der Waals surface area contributed by atoms with Crippen LogP contribution in [0.25, 0.3) is 0 Å². The van der Waals surface area contributed by atoms with Crippen LogP contribution < -0.4 is 10.0 Å². The summed E-state index contributed by atoms with van der Waals surface area (Å²) in [6.07, 6.45) is 0. The Kier molecular flexibility index (Phi) is 4.66. The molecule has 4 nitrogen and oxygen atoms in total. The fourth-order valence-corrected chi connectivity index (χ4v) is 4.17. The van der Waals surface area contributed by atoms with E-state index in [0.717, 1.165) is 0 Å². The van der Waals surface area contributed by atoms with Gasteiger partial charge >= 0.3 is 0 Å². The number of halogens is 2. The molecule has 2 rings (SSSR count). The Labute approximate surface area is 134 Å². The number of nitrogen functional groups attached to an aromatic ring is 1. The highest BCUT2D eigenvalue weighted by Gasteiger charge is 2.26. The molecule has 0 aliphatic heterocycles. The van der Waals surface area contributed by atoms with Crippen LogP contribution in [0.2, 0.25) is 10.0 Å². The number of nitrogens with two attached hydrogens (primary N) is 1. The van der Waals surface area contributed by atoms with Crippen LogP contribution in [0.3, 0.4) is 0 Å². The van der Waals surface area contributed by atoms with Crippen molar-refractivity contribution in [2.75, 3.05) is 16.6 Å². The Bertz CT molecular complexity index is 763. The SMILES string of the molecule is CCN(c1cccc(N)c1)S(=O)(=O)c1cc(Cl)ccc1Cl. The number of sulfonamides is 1. The van der Waals surface area contributed by atoms with E-state index >= 15 is 0 Å². The number of nitrogens with zero attached hydrogens (tertiary/aromatic N) is 1. The van der Waals surface area contributed by atoms with Crippen LogP contribution in [0.1, 0.15) is 6.92 Å². The molecule has 0 heterocycles. The fourth-order valence-electron chi connectivity index (χ4n) is 1.96. The van der Waals surface area contributed by atoms with Crippen molar-refractivity contribution >= 4 is 44.6 Å². The van der Waals surface area contributed by atoms with Crippen LogP contribution in [-0.2, 0) is 10.0 Å². The smallest absolute Gasteiger partial charge is 0.265 e. The molecule has 0 bridgehead atoms. The molecule has 112 valence electrons. The van der Waals surface area contributed by atoms with E-state index in [1.807, 2.05) is 0 Å². The molecule has 0 atom stereocenters. The van der Waals surface area contributed by atoms with Crippen LogP contribution in [0.5, 0.6) is 0 Å². The molecule has 0 unspecified atom stereocenters. The molecule has 0 amide bonds. The second-order valence-corrected chi connectivity index (χ2v) is 7.01. The van der Waals surface area contributed by atoms with Gasteiger partial charge in [0.25, 0.3) is 10.0 Å². The number of hydrogen-bond donors (Lipinski definition) is 1. The van der Waals surface area contributed by atoms with Crippen LogP contribution in [0.4, 0.5) is 11.4 Å². The maximum Gasteiger partial charge on any atom is 0.265 e. The van der Waals surface area contributed by atoms with Gasteiger partial charge in [0.2, 0.25) is 0 Å². The highest BCUT2D eigenvalue weighted by molar-refractivity contribution is 7.93.